The van der Waals surface area contributed by atoms with Gasteiger partial charge < -0.3 is 0 Å². The van der Waals surface area contributed by atoms with E-state index >= 15 is 0 Å². The number of aryl methyl sites for hydroxylation is 1. The lowest BCUT2D eigenvalue weighted by Gasteiger charge is -2.06. The number of thiazole rings is 1. The van der Waals surface area contributed by atoms with Crippen molar-refractivity contribution in [3.63, 3.8) is 0 Å². The van der Waals surface area contributed by atoms with Crippen molar-refractivity contribution in [2.24, 2.45) is 0 Å². The normalized spacial score (nSPS) is 11.6. The summed E-state index contributed by atoms with van der Waals surface area (Å²) in [5.74, 6) is -1.90. The third-order valence-corrected chi connectivity index (χ3v) is 5.96. The first-order chi connectivity index (χ1) is 11.8. The first-order valence-corrected chi connectivity index (χ1v) is 9.47. The van der Waals surface area contributed by atoms with Gasteiger partial charge in [-0.1, -0.05) is 0 Å². The third kappa shape index (κ3) is 4.06. The molecule has 0 aliphatic rings. The molecule has 1 aromatic carbocycles. The lowest BCUT2D eigenvalue weighted by Crippen LogP contribution is -2.23. The number of aromatic nitrogens is 2. The quantitative estimate of drug-likeness (QED) is 0.736. The summed E-state index contributed by atoms with van der Waals surface area (Å²) in [6, 6.07) is 5.80. The summed E-state index contributed by atoms with van der Waals surface area (Å²) in [5.41, 5.74) is 1.51. The van der Waals surface area contributed by atoms with E-state index in [1.807, 2.05) is 6.07 Å². The number of nitrogens with zero attached hydrogens (tertiary/aromatic N) is 2. The highest BCUT2D eigenvalue weighted by Gasteiger charge is 2.18. The van der Waals surface area contributed by atoms with Gasteiger partial charge in [0.15, 0.2) is 0 Å². The van der Waals surface area contributed by atoms with Gasteiger partial charge in [0.2, 0.25) is 10.0 Å². The van der Waals surface area contributed by atoms with Gasteiger partial charge in [0, 0.05) is 35.4 Å². The Morgan fingerprint density at radius 1 is 1.20 bits per heavy atom. The lowest BCUT2D eigenvalue weighted by atomic mass is 10.3. The van der Waals surface area contributed by atoms with Crippen LogP contribution in [-0.2, 0) is 16.6 Å². The van der Waals surface area contributed by atoms with Crippen LogP contribution in [0.4, 0.5) is 8.78 Å². The van der Waals surface area contributed by atoms with E-state index in [4.69, 9.17) is 0 Å². The number of pyridine rings is 1. The van der Waals surface area contributed by atoms with E-state index in [9.17, 15) is 17.2 Å². The Bertz CT molecular complexity index is 985. The number of nitrogens with one attached hydrogen (secondary N) is 1. The minimum Gasteiger partial charge on any atom is -0.264 e. The molecule has 130 valence electrons. The molecule has 0 atom stereocenters. The van der Waals surface area contributed by atoms with Crippen LogP contribution in [0.3, 0.4) is 0 Å². The number of rotatable bonds is 5. The Morgan fingerprint density at radius 2 is 1.92 bits per heavy atom. The first kappa shape index (κ1) is 17.6. The maximum absolute atomic E-state index is 13.2. The van der Waals surface area contributed by atoms with Gasteiger partial charge in [-0.25, -0.2) is 26.9 Å². The van der Waals surface area contributed by atoms with Crippen molar-refractivity contribution in [3.05, 3.63) is 64.9 Å². The van der Waals surface area contributed by atoms with Gasteiger partial charge in [-0.3, -0.25) is 4.98 Å². The maximum atomic E-state index is 13.2. The molecule has 0 saturated heterocycles. The predicted molar refractivity (Wildman–Crippen MR) is 90.5 cm³/mol. The Kier molecular flexibility index (Phi) is 4.89. The van der Waals surface area contributed by atoms with Gasteiger partial charge in [0.25, 0.3) is 0 Å². The molecule has 2 heterocycles. The molecule has 0 aliphatic heterocycles. The molecule has 3 aromatic rings. The number of halogens is 2. The van der Waals surface area contributed by atoms with Crippen LogP contribution in [0.2, 0.25) is 0 Å². The summed E-state index contributed by atoms with van der Waals surface area (Å²) in [6.45, 7) is 1.74. The fourth-order valence-corrected chi connectivity index (χ4v) is 4.25. The van der Waals surface area contributed by atoms with Gasteiger partial charge in [-0.2, -0.15) is 0 Å². The second kappa shape index (κ2) is 6.95. The number of hydrogen-bond donors (Lipinski definition) is 1. The minimum atomic E-state index is -4.04. The standard InChI is InChI=1S/C16H13F2N3O2S2/c1-10-15(24-16(21-10)11-3-2-4-19-8-11)9-20-25(22,23)14-6-12(17)5-13(18)7-14/h2-8,20H,9H2,1H3. The van der Waals surface area contributed by atoms with Crippen LogP contribution in [0.5, 0.6) is 0 Å². The van der Waals surface area contributed by atoms with Gasteiger partial charge in [0.05, 0.1) is 10.6 Å². The average Bonchev–Trinajstić information content (AvgIpc) is 2.94. The fourth-order valence-electron chi connectivity index (χ4n) is 2.13. The van der Waals surface area contributed by atoms with Crippen molar-refractivity contribution < 1.29 is 17.2 Å². The van der Waals surface area contributed by atoms with E-state index < -0.39 is 26.6 Å². The molecule has 0 bridgehead atoms. The predicted octanol–water partition coefficient (Wildman–Crippen LogP) is 3.27. The summed E-state index contributed by atoms with van der Waals surface area (Å²) >= 11 is 1.33. The molecule has 1 N–H and O–H groups in total. The summed E-state index contributed by atoms with van der Waals surface area (Å²) in [7, 11) is -4.04. The molecule has 2 aromatic heterocycles. The molecule has 0 radical (unpaired) electrons. The smallest absolute Gasteiger partial charge is 0.241 e. The van der Waals surface area contributed by atoms with Crippen LogP contribution in [0.1, 0.15) is 10.6 Å². The molecule has 0 saturated carbocycles. The Labute approximate surface area is 147 Å². The Hall–Kier alpha value is -2.23. The zero-order valence-electron chi connectivity index (χ0n) is 13.0. The van der Waals surface area contributed by atoms with E-state index in [-0.39, 0.29) is 6.54 Å². The minimum absolute atomic E-state index is 0.0236. The third-order valence-electron chi connectivity index (χ3n) is 3.37. The van der Waals surface area contributed by atoms with Crippen molar-refractivity contribution in [1.29, 1.82) is 0 Å². The van der Waals surface area contributed by atoms with E-state index in [1.54, 1.807) is 25.4 Å². The summed E-state index contributed by atoms with van der Waals surface area (Å²) in [6.07, 6.45) is 3.32. The zero-order valence-corrected chi connectivity index (χ0v) is 14.7. The van der Waals surface area contributed by atoms with Crippen LogP contribution in [-0.4, -0.2) is 18.4 Å². The lowest BCUT2D eigenvalue weighted by molar-refractivity contribution is 0.561. The van der Waals surface area contributed by atoms with Crippen molar-refractivity contribution in [2.75, 3.05) is 0 Å². The Morgan fingerprint density at radius 3 is 2.56 bits per heavy atom. The highest BCUT2D eigenvalue weighted by Crippen LogP contribution is 2.27. The molecule has 3 rings (SSSR count). The van der Waals surface area contributed by atoms with Crippen LogP contribution in [0.25, 0.3) is 10.6 Å². The molecular formula is C16H13F2N3O2S2. The van der Waals surface area contributed by atoms with Crippen LogP contribution in [0, 0.1) is 18.6 Å². The van der Waals surface area contributed by atoms with Crippen LogP contribution in [0.15, 0.2) is 47.6 Å². The summed E-state index contributed by atoms with van der Waals surface area (Å²) < 4.78 is 53.3. The van der Waals surface area contributed by atoms with Crippen molar-refractivity contribution in [2.45, 2.75) is 18.4 Å². The van der Waals surface area contributed by atoms with Crippen molar-refractivity contribution in [1.82, 2.24) is 14.7 Å². The highest BCUT2D eigenvalue weighted by atomic mass is 32.2. The van der Waals surface area contributed by atoms with Crippen molar-refractivity contribution >= 4 is 21.4 Å². The van der Waals surface area contributed by atoms with Crippen LogP contribution < -0.4 is 4.72 Å². The number of benzene rings is 1. The van der Waals surface area contributed by atoms with E-state index in [1.165, 1.54) is 11.3 Å². The molecule has 0 amide bonds. The molecule has 0 unspecified atom stereocenters. The second-order valence-electron chi connectivity index (χ2n) is 5.20. The summed E-state index contributed by atoms with van der Waals surface area (Å²) in [5, 5.41) is 0.719. The average molecular weight is 381 g/mol. The molecule has 9 heteroatoms. The topological polar surface area (TPSA) is 72.0 Å². The molecule has 0 fully saturated rings. The maximum Gasteiger partial charge on any atom is 0.241 e. The highest BCUT2D eigenvalue weighted by molar-refractivity contribution is 7.89. The fraction of sp³-hybridized carbons (Fsp3) is 0.125. The Balaban J connectivity index is 1.80. The molecular weight excluding hydrogens is 368 g/mol. The van der Waals surface area contributed by atoms with Gasteiger partial charge >= 0.3 is 0 Å². The summed E-state index contributed by atoms with van der Waals surface area (Å²) in [4.78, 5) is 8.68. The van der Waals surface area contributed by atoms with E-state index in [0.717, 1.165) is 22.7 Å². The number of hydrogen-bond acceptors (Lipinski definition) is 5. The molecule has 0 aliphatic carbocycles. The first-order valence-electron chi connectivity index (χ1n) is 7.17. The van der Waals surface area contributed by atoms with E-state index in [0.29, 0.717) is 16.6 Å². The van der Waals surface area contributed by atoms with Gasteiger partial charge in [-0.05, 0) is 31.2 Å². The van der Waals surface area contributed by atoms with E-state index in [2.05, 4.69) is 14.7 Å². The van der Waals surface area contributed by atoms with Crippen molar-refractivity contribution in [3.8, 4) is 10.6 Å². The number of sulfonamides is 1. The SMILES string of the molecule is Cc1nc(-c2cccnc2)sc1CNS(=O)(=O)c1cc(F)cc(F)c1. The van der Waals surface area contributed by atoms with Gasteiger partial charge in [0.1, 0.15) is 16.6 Å². The molecule has 25 heavy (non-hydrogen) atoms. The van der Waals surface area contributed by atoms with Crippen LogP contribution >= 0.6 is 11.3 Å². The zero-order chi connectivity index (χ0) is 18.0. The van der Waals surface area contributed by atoms with Gasteiger partial charge in [-0.15, -0.1) is 11.3 Å². The molecule has 0 spiro atoms. The largest absolute Gasteiger partial charge is 0.264 e. The molecule has 5 nitrogen and oxygen atoms in total. The second-order valence-corrected chi connectivity index (χ2v) is 8.05. The monoisotopic (exact) mass is 381 g/mol.